The van der Waals surface area contributed by atoms with Crippen LogP contribution in [0.5, 0.6) is 0 Å². The van der Waals surface area contributed by atoms with Crippen molar-refractivity contribution in [3.8, 4) is 0 Å². The molecule has 41 heavy (non-hydrogen) atoms. The molecule has 2 heterocycles. The molecule has 0 amide bonds. The predicted octanol–water partition coefficient (Wildman–Crippen LogP) is -0.995. The van der Waals surface area contributed by atoms with Gasteiger partial charge in [-0.05, 0) is 0 Å². The molecular formula is C24H33FO16. The Bertz CT molecular complexity index is 987. The van der Waals surface area contributed by atoms with E-state index >= 15 is 4.39 Å². The SMILES string of the molecule is CC(=O)OCC1OC(OC2C(COC(C)=O)OC(F)C(OC(C)=O)C2OC(C)=O)C(OC(C)=O)C(OC(C)=O)C1O. The minimum atomic E-state index is -2.38. The molecule has 0 aromatic rings. The third kappa shape index (κ3) is 9.87. The van der Waals surface area contributed by atoms with E-state index in [0.29, 0.717) is 0 Å². The molecule has 1 N–H and O–H groups in total. The number of carbonyl (C=O) groups excluding carboxylic acids is 6. The van der Waals surface area contributed by atoms with Crippen molar-refractivity contribution in [1.29, 1.82) is 0 Å². The molecule has 2 aliphatic heterocycles. The summed E-state index contributed by atoms with van der Waals surface area (Å²) in [7, 11) is 0. The first kappa shape index (κ1) is 33.8. The lowest BCUT2D eigenvalue weighted by Crippen LogP contribution is -2.66. The third-order valence-electron chi connectivity index (χ3n) is 5.60. The van der Waals surface area contributed by atoms with Crippen molar-refractivity contribution in [3.63, 3.8) is 0 Å². The predicted molar refractivity (Wildman–Crippen MR) is 125 cm³/mol. The molecule has 0 radical (unpaired) electrons. The van der Waals surface area contributed by atoms with E-state index in [1.165, 1.54) is 0 Å². The zero-order valence-electron chi connectivity index (χ0n) is 23.1. The average Bonchev–Trinajstić information content (AvgIpc) is 2.83. The third-order valence-corrected chi connectivity index (χ3v) is 5.60. The van der Waals surface area contributed by atoms with Gasteiger partial charge in [0.15, 0.2) is 30.7 Å². The van der Waals surface area contributed by atoms with E-state index in [2.05, 4.69) is 0 Å². The summed E-state index contributed by atoms with van der Waals surface area (Å²) in [6.07, 6.45) is -17.5. The maximum Gasteiger partial charge on any atom is 0.303 e. The van der Waals surface area contributed by atoms with Gasteiger partial charge in [0.1, 0.15) is 37.6 Å². The second kappa shape index (κ2) is 15.0. The number of halogens is 1. The first-order valence-electron chi connectivity index (χ1n) is 12.3. The molecule has 0 aromatic carbocycles. The van der Waals surface area contributed by atoms with E-state index in [1.807, 2.05) is 0 Å². The normalized spacial score (nSPS) is 33.1. The molecule has 0 aliphatic carbocycles. The smallest absolute Gasteiger partial charge is 0.303 e. The summed E-state index contributed by atoms with van der Waals surface area (Å²) in [4.78, 5) is 70.4. The van der Waals surface area contributed by atoms with E-state index < -0.39 is 111 Å². The van der Waals surface area contributed by atoms with Gasteiger partial charge in [0.2, 0.25) is 6.36 Å². The molecule has 2 fully saturated rings. The van der Waals surface area contributed by atoms with Gasteiger partial charge in [0, 0.05) is 41.5 Å². The molecule has 0 saturated carbocycles. The number of ether oxygens (including phenoxy) is 9. The summed E-state index contributed by atoms with van der Waals surface area (Å²) in [5.74, 6) is -5.30. The van der Waals surface area contributed by atoms with E-state index in [9.17, 15) is 33.9 Å². The number of aliphatic hydroxyl groups excluding tert-OH is 1. The Labute approximate surface area is 233 Å². The van der Waals surface area contributed by atoms with Crippen LogP contribution in [-0.2, 0) is 71.4 Å². The van der Waals surface area contributed by atoms with Crippen molar-refractivity contribution >= 4 is 35.8 Å². The second-order valence-electron chi connectivity index (χ2n) is 9.06. The highest BCUT2D eigenvalue weighted by Gasteiger charge is 2.56. The molecule has 17 heteroatoms. The number of carbonyl (C=O) groups is 6. The zero-order valence-corrected chi connectivity index (χ0v) is 23.1. The van der Waals surface area contributed by atoms with Crippen molar-refractivity contribution < 1.29 is 80.9 Å². The van der Waals surface area contributed by atoms with Gasteiger partial charge in [-0.2, -0.15) is 0 Å². The van der Waals surface area contributed by atoms with Crippen LogP contribution in [0.2, 0.25) is 0 Å². The summed E-state index contributed by atoms with van der Waals surface area (Å²) < 4.78 is 62.5. The van der Waals surface area contributed by atoms with Crippen LogP contribution in [0.15, 0.2) is 0 Å². The Kier molecular flexibility index (Phi) is 12.4. The molecule has 10 unspecified atom stereocenters. The van der Waals surface area contributed by atoms with Gasteiger partial charge in [-0.3, -0.25) is 28.8 Å². The molecule has 0 spiro atoms. The van der Waals surface area contributed by atoms with Gasteiger partial charge in [-0.15, -0.1) is 0 Å². The minimum Gasteiger partial charge on any atom is -0.463 e. The van der Waals surface area contributed by atoms with Gasteiger partial charge in [0.25, 0.3) is 0 Å². The maximum atomic E-state index is 15.1. The lowest BCUT2D eigenvalue weighted by molar-refractivity contribution is -0.351. The van der Waals surface area contributed by atoms with Crippen LogP contribution in [0.1, 0.15) is 41.5 Å². The maximum absolute atomic E-state index is 15.1. The van der Waals surface area contributed by atoms with E-state index in [-0.39, 0.29) is 0 Å². The molecule has 2 saturated heterocycles. The van der Waals surface area contributed by atoms with Gasteiger partial charge in [0.05, 0.1) is 0 Å². The van der Waals surface area contributed by atoms with Crippen LogP contribution in [-0.4, -0.2) is 116 Å². The van der Waals surface area contributed by atoms with Crippen molar-refractivity contribution in [2.45, 2.75) is 103 Å². The number of aliphatic hydroxyl groups is 1. The van der Waals surface area contributed by atoms with Crippen LogP contribution in [0.25, 0.3) is 0 Å². The van der Waals surface area contributed by atoms with Gasteiger partial charge >= 0.3 is 35.8 Å². The topological polar surface area (TPSA) is 206 Å². The van der Waals surface area contributed by atoms with Crippen LogP contribution < -0.4 is 0 Å². The number of rotatable bonds is 10. The number of hydrogen-bond acceptors (Lipinski definition) is 16. The highest BCUT2D eigenvalue weighted by Crippen LogP contribution is 2.34. The van der Waals surface area contributed by atoms with E-state index in [1.54, 1.807) is 0 Å². The van der Waals surface area contributed by atoms with Gasteiger partial charge in [-0.1, -0.05) is 0 Å². The number of alkyl halides is 1. The quantitative estimate of drug-likeness (QED) is 0.237. The van der Waals surface area contributed by atoms with Crippen LogP contribution in [0, 0.1) is 0 Å². The van der Waals surface area contributed by atoms with E-state index in [4.69, 9.17) is 42.6 Å². The Morgan fingerprint density at radius 1 is 0.585 bits per heavy atom. The fraction of sp³-hybridized carbons (Fsp3) is 0.750. The average molecular weight is 597 g/mol. The zero-order chi connectivity index (χ0) is 31.0. The van der Waals surface area contributed by atoms with Crippen LogP contribution >= 0.6 is 0 Å². The highest BCUT2D eigenvalue weighted by atomic mass is 19.1. The van der Waals surface area contributed by atoms with Crippen LogP contribution in [0.4, 0.5) is 4.39 Å². The standard InChI is InChI=1S/C24H33FO16/c1-9(26)33-7-15-17(32)19(35-11(3)28)22(38-14(6)31)24(40-15)41-18-16(8-34-10(2)27)39-23(25)21(37-13(5)30)20(18)36-12(4)29/h15-24,32H,7-8H2,1-6H3. The Hall–Kier alpha value is -3.41. The molecule has 232 valence electrons. The summed E-state index contributed by atoms with van der Waals surface area (Å²) in [5, 5.41) is 10.8. The Morgan fingerprint density at radius 2 is 1.02 bits per heavy atom. The van der Waals surface area contributed by atoms with E-state index in [0.717, 1.165) is 41.5 Å². The molecule has 2 rings (SSSR count). The Morgan fingerprint density at radius 3 is 1.51 bits per heavy atom. The molecule has 16 nitrogen and oxygen atoms in total. The molecule has 0 aromatic heterocycles. The summed E-state index contributed by atoms with van der Waals surface area (Å²) in [5.41, 5.74) is 0. The summed E-state index contributed by atoms with van der Waals surface area (Å²) in [6.45, 7) is 4.87. The van der Waals surface area contributed by atoms with Crippen molar-refractivity contribution in [2.75, 3.05) is 13.2 Å². The van der Waals surface area contributed by atoms with Crippen molar-refractivity contribution in [2.24, 2.45) is 0 Å². The lowest BCUT2D eigenvalue weighted by Gasteiger charge is -2.47. The Balaban J connectivity index is 2.57. The largest absolute Gasteiger partial charge is 0.463 e. The first-order chi connectivity index (χ1) is 19.1. The molecule has 0 bridgehead atoms. The molecular weight excluding hydrogens is 563 g/mol. The van der Waals surface area contributed by atoms with Crippen LogP contribution in [0.3, 0.4) is 0 Å². The fourth-order valence-corrected chi connectivity index (χ4v) is 4.14. The number of esters is 6. The van der Waals surface area contributed by atoms with Gasteiger partial charge < -0.3 is 47.7 Å². The van der Waals surface area contributed by atoms with Gasteiger partial charge in [-0.25, -0.2) is 4.39 Å². The first-order valence-corrected chi connectivity index (χ1v) is 12.3. The minimum absolute atomic E-state index is 0.574. The second-order valence-corrected chi connectivity index (χ2v) is 9.06. The monoisotopic (exact) mass is 596 g/mol. The summed E-state index contributed by atoms with van der Waals surface area (Å²) in [6, 6.07) is 0. The fourth-order valence-electron chi connectivity index (χ4n) is 4.14. The highest BCUT2D eigenvalue weighted by molar-refractivity contribution is 5.68. The number of hydrogen-bond donors (Lipinski definition) is 1. The van der Waals surface area contributed by atoms with Crippen molar-refractivity contribution in [3.05, 3.63) is 0 Å². The van der Waals surface area contributed by atoms with Crippen molar-refractivity contribution in [1.82, 2.24) is 0 Å². The molecule has 10 atom stereocenters. The molecule has 2 aliphatic rings. The lowest BCUT2D eigenvalue weighted by atomic mass is 9.96. The summed E-state index contributed by atoms with van der Waals surface area (Å²) >= 11 is 0.